The van der Waals surface area contributed by atoms with Crippen LogP contribution in [0.5, 0.6) is 0 Å². The quantitative estimate of drug-likeness (QED) is 0.313. The number of pyridine rings is 1. The van der Waals surface area contributed by atoms with E-state index in [1.165, 1.54) is 28.8 Å². The van der Waals surface area contributed by atoms with Crippen molar-refractivity contribution in [3.8, 4) is 17.1 Å². The van der Waals surface area contributed by atoms with E-state index < -0.39 is 16.2 Å². The van der Waals surface area contributed by atoms with Crippen LogP contribution in [-0.2, 0) is 0 Å². The molecule has 2 heterocycles. The normalized spacial score (nSPS) is 11.2. The van der Waals surface area contributed by atoms with Gasteiger partial charge in [-0.15, -0.1) is 0 Å². The molecule has 0 bridgehead atoms. The number of hydrogen-bond donors (Lipinski definition) is 1. The number of fused-ring (bicyclic) bond motifs is 2. The van der Waals surface area contributed by atoms with E-state index in [1.54, 1.807) is 18.2 Å². The summed E-state index contributed by atoms with van der Waals surface area (Å²) in [7, 11) is 0. The predicted molar refractivity (Wildman–Crippen MR) is 101 cm³/mol. The fraction of sp³-hybridized carbons (Fsp3) is 0. The van der Waals surface area contributed by atoms with Crippen LogP contribution in [-0.4, -0.2) is 19.5 Å². The Morgan fingerprint density at radius 1 is 1.04 bits per heavy atom. The van der Waals surface area contributed by atoms with Gasteiger partial charge in [-0.05, 0) is 30.3 Å². The van der Waals surface area contributed by atoms with Gasteiger partial charge in [0.1, 0.15) is 0 Å². The van der Waals surface area contributed by atoms with E-state index >= 15 is 0 Å². The summed E-state index contributed by atoms with van der Waals surface area (Å²) in [6.45, 7) is 0. The van der Waals surface area contributed by atoms with Gasteiger partial charge in [-0.3, -0.25) is 24.5 Å². The van der Waals surface area contributed by atoms with Gasteiger partial charge in [0, 0.05) is 23.2 Å². The molecule has 0 fully saturated rings. The Balaban J connectivity index is 2.21. The molecule has 0 amide bonds. The van der Waals surface area contributed by atoms with E-state index in [1.807, 2.05) is 0 Å². The van der Waals surface area contributed by atoms with Gasteiger partial charge >= 0.3 is 5.69 Å². The SMILES string of the molecule is O=c1nc2n(-c3ccc(Cl)c(Cl)c3)c3ccc([N+](=O)[O-])cc3cc-2c(=O)[nH]1. The highest BCUT2D eigenvalue weighted by atomic mass is 35.5. The van der Waals surface area contributed by atoms with E-state index in [4.69, 9.17) is 23.2 Å². The smallest absolute Gasteiger partial charge is 0.294 e. The van der Waals surface area contributed by atoms with Gasteiger partial charge in [-0.25, -0.2) is 4.79 Å². The van der Waals surface area contributed by atoms with Crippen molar-refractivity contribution in [1.82, 2.24) is 14.5 Å². The van der Waals surface area contributed by atoms with Crippen LogP contribution in [0, 0.1) is 10.1 Å². The van der Waals surface area contributed by atoms with E-state index in [9.17, 15) is 19.7 Å². The van der Waals surface area contributed by atoms with Crippen molar-refractivity contribution in [3.05, 3.63) is 83.5 Å². The molecule has 0 saturated carbocycles. The number of nitrogens with zero attached hydrogens (tertiary/aromatic N) is 3. The largest absolute Gasteiger partial charge is 0.349 e. The van der Waals surface area contributed by atoms with E-state index in [0.717, 1.165) is 0 Å². The van der Waals surface area contributed by atoms with Crippen molar-refractivity contribution in [1.29, 1.82) is 0 Å². The molecular formula is C17H8Cl2N4O4. The van der Waals surface area contributed by atoms with Crippen molar-refractivity contribution in [2.24, 2.45) is 0 Å². The minimum absolute atomic E-state index is 0.100. The number of halogens is 2. The lowest BCUT2D eigenvalue weighted by atomic mass is 10.1. The zero-order chi connectivity index (χ0) is 19.3. The Kier molecular flexibility index (Phi) is 3.94. The number of non-ortho nitro benzene ring substituents is 1. The number of H-pyrrole nitrogens is 1. The third kappa shape index (κ3) is 2.84. The lowest BCUT2D eigenvalue weighted by Crippen LogP contribution is -2.27. The first-order valence-corrected chi connectivity index (χ1v) is 8.30. The molecule has 0 unspecified atom stereocenters. The maximum Gasteiger partial charge on any atom is 0.349 e. The minimum Gasteiger partial charge on any atom is -0.294 e. The highest BCUT2D eigenvalue weighted by Crippen LogP contribution is 2.32. The Hall–Kier alpha value is -3.23. The molecule has 0 aromatic heterocycles. The van der Waals surface area contributed by atoms with Gasteiger partial charge in [0.25, 0.3) is 11.2 Å². The van der Waals surface area contributed by atoms with Gasteiger partial charge in [-0.1, -0.05) is 23.2 Å². The number of nitro benzene ring substituents is 1. The molecule has 0 saturated heterocycles. The molecule has 4 rings (SSSR count). The third-order valence-electron chi connectivity index (χ3n) is 4.05. The van der Waals surface area contributed by atoms with Crippen LogP contribution in [0.2, 0.25) is 10.0 Å². The average Bonchev–Trinajstić information content (AvgIpc) is 2.62. The molecule has 2 aliphatic heterocycles. The molecule has 10 heteroatoms. The zero-order valence-corrected chi connectivity index (χ0v) is 14.8. The van der Waals surface area contributed by atoms with Crippen molar-refractivity contribution < 1.29 is 4.92 Å². The van der Waals surface area contributed by atoms with E-state index in [0.29, 0.717) is 21.6 Å². The topological polar surface area (TPSA) is 111 Å². The van der Waals surface area contributed by atoms with Crippen LogP contribution >= 0.6 is 23.2 Å². The van der Waals surface area contributed by atoms with E-state index in [2.05, 4.69) is 9.97 Å². The molecule has 27 heavy (non-hydrogen) atoms. The molecule has 0 spiro atoms. The Morgan fingerprint density at radius 2 is 1.81 bits per heavy atom. The Labute approximate surface area is 160 Å². The summed E-state index contributed by atoms with van der Waals surface area (Å²) in [5.74, 6) is 0.100. The standard InChI is InChI=1S/C17H8Cl2N4O4/c18-12-3-1-9(7-13(12)19)22-14-4-2-10(23(26)27)5-8(14)6-11-15(22)20-17(25)21-16(11)24/h1-7H,(H,21,24,25). The van der Waals surface area contributed by atoms with Gasteiger partial charge in [0.2, 0.25) is 0 Å². The first kappa shape index (κ1) is 17.2. The summed E-state index contributed by atoms with van der Waals surface area (Å²) < 4.78 is 1.53. The number of benzene rings is 2. The first-order chi connectivity index (χ1) is 12.8. The minimum atomic E-state index is -0.803. The highest BCUT2D eigenvalue weighted by molar-refractivity contribution is 6.42. The number of aromatic nitrogens is 3. The van der Waals surface area contributed by atoms with E-state index in [-0.39, 0.29) is 22.1 Å². The number of nitro groups is 1. The summed E-state index contributed by atoms with van der Waals surface area (Å²) in [6.07, 6.45) is 0. The van der Waals surface area contributed by atoms with Crippen molar-refractivity contribution in [2.45, 2.75) is 0 Å². The Bertz CT molecular complexity index is 1330. The van der Waals surface area contributed by atoms with Crippen molar-refractivity contribution >= 4 is 39.8 Å². The van der Waals surface area contributed by atoms with Crippen LogP contribution < -0.4 is 11.2 Å². The van der Waals surface area contributed by atoms with Gasteiger partial charge in [0.05, 0.1) is 26.0 Å². The maximum atomic E-state index is 12.3. The summed E-state index contributed by atoms with van der Waals surface area (Å²) >= 11 is 12.1. The zero-order valence-electron chi connectivity index (χ0n) is 13.3. The summed E-state index contributed by atoms with van der Waals surface area (Å²) in [5.41, 5.74) is -0.480. The van der Waals surface area contributed by atoms with Crippen LogP contribution in [0.15, 0.2) is 52.1 Å². The molecule has 2 aliphatic rings. The van der Waals surface area contributed by atoms with Crippen LogP contribution in [0.25, 0.3) is 28.0 Å². The second-order valence-corrected chi connectivity index (χ2v) is 6.50. The second kappa shape index (κ2) is 6.19. The highest BCUT2D eigenvalue weighted by Gasteiger charge is 2.20. The number of nitrogens with one attached hydrogen (secondary N) is 1. The lowest BCUT2D eigenvalue weighted by Gasteiger charge is -2.17. The fourth-order valence-electron chi connectivity index (χ4n) is 2.88. The molecule has 2 aromatic rings. The molecule has 8 nitrogen and oxygen atoms in total. The molecule has 134 valence electrons. The van der Waals surface area contributed by atoms with Crippen LogP contribution in [0.4, 0.5) is 5.69 Å². The van der Waals surface area contributed by atoms with Gasteiger partial charge < -0.3 is 0 Å². The lowest BCUT2D eigenvalue weighted by molar-refractivity contribution is -0.384. The Morgan fingerprint density at radius 3 is 2.52 bits per heavy atom. The third-order valence-corrected chi connectivity index (χ3v) is 4.79. The number of rotatable bonds is 2. The van der Waals surface area contributed by atoms with Crippen molar-refractivity contribution in [3.63, 3.8) is 0 Å². The summed E-state index contributed by atoms with van der Waals surface area (Å²) in [6, 6.07) is 10.4. The summed E-state index contributed by atoms with van der Waals surface area (Å²) in [5, 5.41) is 12.1. The van der Waals surface area contributed by atoms with Gasteiger partial charge in [0.15, 0.2) is 5.82 Å². The average molecular weight is 403 g/mol. The first-order valence-electron chi connectivity index (χ1n) is 7.55. The molecule has 0 radical (unpaired) electrons. The number of aromatic amines is 1. The van der Waals surface area contributed by atoms with Gasteiger partial charge in [-0.2, -0.15) is 4.98 Å². The fourth-order valence-corrected chi connectivity index (χ4v) is 3.17. The molecule has 2 aromatic carbocycles. The van der Waals surface area contributed by atoms with Crippen LogP contribution in [0.3, 0.4) is 0 Å². The summed E-state index contributed by atoms with van der Waals surface area (Å²) in [4.78, 5) is 40.6. The van der Waals surface area contributed by atoms with Crippen LogP contribution in [0.1, 0.15) is 0 Å². The molecule has 1 N–H and O–H groups in total. The number of hydrogen-bond acceptors (Lipinski definition) is 5. The predicted octanol–water partition coefficient (Wildman–Crippen LogP) is 3.39. The monoisotopic (exact) mass is 402 g/mol. The molecular weight excluding hydrogens is 395 g/mol. The maximum absolute atomic E-state index is 12.3. The molecule has 0 aliphatic carbocycles. The molecule has 0 atom stereocenters. The van der Waals surface area contributed by atoms with Crippen molar-refractivity contribution in [2.75, 3.05) is 0 Å². The second-order valence-electron chi connectivity index (χ2n) is 5.69.